The number of alkyl carbamates (subject to hydrolysis) is 1. The minimum Gasteiger partial charge on any atom is -0.445 e. The van der Waals surface area contributed by atoms with Gasteiger partial charge in [-0.25, -0.2) is 9.59 Å². The van der Waals surface area contributed by atoms with Crippen LogP contribution in [0.4, 0.5) is 22.2 Å². The number of fused-ring (bicyclic) bond motifs is 1. The minimum atomic E-state index is -1.06. The van der Waals surface area contributed by atoms with Gasteiger partial charge >= 0.3 is 11.8 Å². The molecule has 2 aromatic heterocycles. The van der Waals surface area contributed by atoms with Gasteiger partial charge in [0.05, 0.1) is 6.54 Å². The molecule has 2 aromatic carbocycles. The third-order valence-corrected chi connectivity index (χ3v) is 6.53. The number of nitrogen functional groups attached to an aromatic ring is 1. The van der Waals surface area contributed by atoms with Crippen LogP contribution >= 0.6 is 0 Å². The first-order valence-electron chi connectivity index (χ1n) is 13.9. The van der Waals surface area contributed by atoms with Crippen molar-refractivity contribution in [2.75, 3.05) is 22.9 Å². The Morgan fingerprint density at radius 3 is 2.49 bits per heavy atom. The quantitative estimate of drug-likeness (QED) is 0.119. The van der Waals surface area contributed by atoms with Crippen LogP contribution in [0.25, 0.3) is 11.2 Å². The number of hydrogen-bond acceptors (Lipinski definition) is 9. The molecule has 1 atom stereocenters. The molecule has 14 heteroatoms. The maximum Gasteiger partial charge on any atom is 0.408 e. The lowest BCUT2D eigenvalue weighted by molar-refractivity contribution is -0.119. The Morgan fingerprint density at radius 2 is 1.79 bits per heavy atom. The average Bonchev–Trinajstić information content (AvgIpc) is 3.30. The molecule has 0 aliphatic rings. The number of unbranched alkanes of at least 4 members (excludes halogenated alkanes) is 1. The number of nitrogens with two attached hydrogens (primary N) is 2. The van der Waals surface area contributed by atoms with Gasteiger partial charge in [0.25, 0.3) is 0 Å². The summed E-state index contributed by atoms with van der Waals surface area (Å²) >= 11 is 0. The molecule has 0 aliphatic carbocycles. The summed E-state index contributed by atoms with van der Waals surface area (Å²) in [6.07, 6.45) is 1.01. The number of anilines is 3. The average molecular weight is 590 g/mol. The highest BCUT2D eigenvalue weighted by Gasteiger charge is 2.22. The number of primary amides is 1. The second-order valence-electron chi connectivity index (χ2n) is 9.88. The standard InChI is InChI=1S/C29H35N9O5/c1-2-3-15-32-27-36-24(31)23-25(37-27)38(28(41)35-23)16-18-9-11-20(12-10-18)33-26(40)21(13-14-22(30)39)34-29(42)43-17-19-7-5-4-6-8-19/h4-12,21H,2-3,13-17H2,1H3,(H2,30,39)(H,33,40)(H,34,42)(H,35,41)(H3,31,32,36,37)/t21-/m0/s1. The van der Waals surface area contributed by atoms with Gasteiger partial charge in [-0.2, -0.15) is 9.97 Å². The van der Waals surface area contributed by atoms with Gasteiger partial charge in [0.15, 0.2) is 11.5 Å². The largest absolute Gasteiger partial charge is 0.445 e. The Bertz CT molecular complexity index is 1620. The topological polar surface area (TPSA) is 212 Å². The van der Waals surface area contributed by atoms with Crippen molar-refractivity contribution in [2.45, 2.75) is 51.8 Å². The van der Waals surface area contributed by atoms with Gasteiger partial charge < -0.3 is 37.1 Å². The van der Waals surface area contributed by atoms with E-state index >= 15 is 0 Å². The molecule has 4 rings (SSSR count). The van der Waals surface area contributed by atoms with E-state index in [0.29, 0.717) is 29.3 Å². The van der Waals surface area contributed by atoms with E-state index in [1.165, 1.54) is 4.57 Å². The van der Waals surface area contributed by atoms with Crippen molar-refractivity contribution < 1.29 is 19.1 Å². The molecule has 226 valence electrons. The third kappa shape index (κ3) is 8.55. The van der Waals surface area contributed by atoms with E-state index in [1.807, 2.05) is 18.2 Å². The first-order valence-corrected chi connectivity index (χ1v) is 13.9. The molecule has 0 radical (unpaired) electrons. The van der Waals surface area contributed by atoms with Crippen LogP contribution in [0.3, 0.4) is 0 Å². The summed E-state index contributed by atoms with van der Waals surface area (Å²) in [5.41, 5.74) is 13.6. The molecule has 43 heavy (non-hydrogen) atoms. The predicted octanol–water partition coefficient (Wildman–Crippen LogP) is 2.46. The van der Waals surface area contributed by atoms with E-state index < -0.39 is 23.9 Å². The summed E-state index contributed by atoms with van der Waals surface area (Å²) in [4.78, 5) is 60.9. The van der Waals surface area contributed by atoms with Crippen LogP contribution in [-0.2, 0) is 27.5 Å². The van der Waals surface area contributed by atoms with Gasteiger partial charge in [0, 0.05) is 18.7 Å². The number of ether oxygens (including phenoxy) is 1. The van der Waals surface area contributed by atoms with Crippen LogP contribution in [0.1, 0.15) is 43.7 Å². The fraction of sp³-hybridized carbons (Fsp3) is 0.310. The SMILES string of the molecule is CCCCNc1nc(N)c2[nH]c(=O)n(Cc3ccc(NC(=O)[C@H](CCC(N)=O)NC(=O)OCc4ccccc4)cc3)c2n1. The number of hydrogen-bond donors (Lipinski definition) is 6. The molecule has 14 nitrogen and oxygen atoms in total. The maximum atomic E-state index is 13.0. The van der Waals surface area contributed by atoms with E-state index in [9.17, 15) is 19.2 Å². The molecule has 0 fully saturated rings. The molecule has 2 heterocycles. The minimum absolute atomic E-state index is 0.0105. The van der Waals surface area contributed by atoms with E-state index in [-0.39, 0.29) is 37.5 Å². The predicted molar refractivity (Wildman–Crippen MR) is 162 cm³/mol. The smallest absolute Gasteiger partial charge is 0.408 e. The first-order chi connectivity index (χ1) is 20.7. The summed E-state index contributed by atoms with van der Waals surface area (Å²) in [5, 5.41) is 8.36. The fourth-order valence-corrected chi connectivity index (χ4v) is 4.22. The molecule has 0 spiro atoms. The highest BCUT2D eigenvalue weighted by Crippen LogP contribution is 2.18. The number of imidazole rings is 1. The molecule has 0 saturated carbocycles. The second kappa shape index (κ2) is 14.5. The van der Waals surface area contributed by atoms with Crippen LogP contribution in [0.5, 0.6) is 0 Å². The zero-order valence-corrected chi connectivity index (χ0v) is 23.8. The highest BCUT2D eigenvalue weighted by atomic mass is 16.5. The van der Waals surface area contributed by atoms with Gasteiger partial charge in [-0.3, -0.25) is 14.2 Å². The van der Waals surface area contributed by atoms with Crippen molar-refractivity contribution in [2.24, 2.45) is 5.73 Å². The summed E-state index contributed by atoms with van der Waals surface area (Å²) in [7, 11) is 0. The number of nitrogens with one attached hydrogen (secondary N) is 4. The molecule has 0 unspecified atom stereocenters. The lowest BCUT2D eigenvalue weighted by Gasteiger charge is -2.18. The van der Waals surface area contributed by atoms with Gasteiger partial charge in [-0.15, -0.1) is 0 Å². The summed E-state index contributed by atoms with van der Waals surface area (Å²) in [5.74, 6) is -0.645. The van der Waals surface area contributed by atoms with Crippen molar-refractivity contribution >= 4 is 46.5 Å². The van der Waals surface area contributed by atoms with Crippen molar-refractivity contribution in [1.29, 1.82) is 0 Å². The number of amides is 3. The number of nitrogens with zero attached hydrogens (tertiary/aromatic N) is 3. The van der Waals surface area contributed by atoms with Gasteiger partial charge in [0.1, 0.15) is 18.2 Å². The number of aromatic amines is 1. The number of H-pyrrole nitrogens is 1. The summed E-state index contributed by atoms with van der Waals surface area (Å²) in [6.45, 7) is 2.96. The molecular weight excluding hydrogens is 554 g/mol. The van der Waals surface area contributed by atoms with E-state index in [4.69, 9.17) is 16.2 Å². The third-order valence-electron chi connectivity index (χ3n) is 6.53. The Hall–Kier alpha value is -5.40. The van der Waals surface area contributed by atoms with Crippen LogP contribution in [0.2, 0.25) is 0 Å². The van der Waals surface area contributed by atoms with Crippen molar-refractivity contribution in [3.8, 4) is 0 Å². The number of benzene rings is 2. The van der Waals surface area contributed by atoms with Gasteiger partial charge in [-0.1, -0.05) is 55.8 Å². The van der Waals surface area contributed by atoms with Crippen molar-refractivity contribution in [1.82, 2.24) is 24.8 Å². The lowest BCUT2D eigenvalue weighted by Crippen LogP contribution is -2.44. The van der Waals surface area contributed by atoms with Crippen LogP contribution in [0.15, 0.2) is 59.4 Å². The molecule has 0 aliphatic heterocycles. The Morgan fingerprint density at radius 1 is 1.05 bits per heavy atom. The van der Waals surface area contributed by atoms with Crippen LogP contribution in [0, 0.1) is 0 Å². The van der Waals surface area contributed by atoms with Crippen molar-refractivity contribution in [3.63, 3.8) is 0 Å². The molecule has 0 saturated heterocycles. The van der Waals surface area contributed by atoms with Crippen LogP contribution < -0.4 is 33.1 Å². The Labute approximate surface area is 247 Å². The summed E-state index contributed by atoms with van der Waals surface area (Å²) < 4.78 is 6.67. The molecular formula is C29H35N9O5. The molecule has 3 amide bonds. The number of carbonyl (C=O) groups is 3. The molecule has 4 aromatic rings. The Kier molecular flexibility index (Phi) is 10.3. The number of rotatable bonds is 14. The Balaban J connectivity index is 1.41. The van der Waals surface area contributed by atoms with E-state index in [1.54, 1.807) is 36.4 Å². The zero-order chi connectivity index (χ0) is 30.8. The number of aromatic nitrogens is 4. The highest BCUT2D eigenvalue weighted by molar-refractivity contribution is 5.96. The maximum absolute atomic E-state index is 13.0. The fourth-order valence-electron chi connectivity index (χ4n) is 4.22. The molecule has 8 N–H and O–H groups in total. The van der Waals surface area contributed by atoms with Crippen molar-refractivity contribution in [3.05, 3.63) is 76.2 Å². The monoisotopic (exact) mass is 589 g/mol. The van der Waals surface area contributed by atoms with Gasteiger partial charge in [0.2, 0.25) is 17.8 Å². The number of carbonyl (C=O) groups excluding carboxylic acids is 3. The van der Waals surface area contributed by atoms with E-state index in [2.05, 4.69) is 37.8 Å². The zero-order valence-electron chi connectivity index (χ0n) is 23.8. The van der Waals surface area contributed by atoms with Crippen LogP contribution in [-0.4, -0.2) is 50.0 Å². The second-order valence-corrected chi connectivity index (χ2v) is 9.88. The van der Waals surface area contributed by atoms with E-state index in [0.717, 1.165) is 24.0 Å². The first kappa shape index (κ1) is 30.6. The normalized spacial score (nSPS) is 11.6. The summed E-state index contributed by atoms with van der Waals surface area (Å²) in [6, 6.07) is 14.8. The van der Waals surface area contributed by atoms with Gasteiger partial charge in [-0.05, 0) is 36.1 Å². The lowest BCUT2D eigenvalue weighted by atomic mass is 10.1. The molecule has 0 bridgehead atoms.